The van der Waals surface area contributed by atoms with Crippen LogP contribution in [0.5, 0.6) is 5.88 Å². The van der Waals surface area contributed by atoms with Crippen molar-refractivity contribution >= 4 is 11.8 Å². The number of hydrogen-bond donors (Lipinski definition) is 1. The highest BCUT2D eigenvalue weighted by Crippen LogP contribution is 2.26. The predicted octanol–water partition coefficient (Wildman–Crippen LogP) is 1.42. The van der Waals surface area contributed by atoms with Gasteiger partial charge in [-0.2, -0.15) is 0 Å². The molecule has 0 aliphatic carbocycles. The van der Waals surface area contributed by atoms with Gasteiger partial charge in [0, 0.05) is 19.2 Å². The molecule has 0 aromatic carbocycles. The van der Waals surface area contributed by atoms with Crippen molar-refractivity contribution in [1.82, 2.24) is 9.97 Å². The van der Waals surface area contributed by atoms with E-state index in [1.165, 1.54) is 6.33 Å². The summed E-state index contributed by atoms with van der Waals surface area (Å²) in [5.74, 6) is 0.513. The van der Waals surface area contributed by atoms with Crippen LogP contribution in [-0.2, 0) is 4.79 Å². The summed E-state index contributed by atoms with van der Waals surface area (Å²) >= 11 is 0. The first kappa shape index (κ1) is 13.6. The van der Waals surface area contributed by atoms with Gasteiger partial charge in [-0.15, -0.1) is 0 Å². The van der Waals surface area contributed by atoms with Crippen LogP contribution in [0.1, 0.15) is 20.3 Å². The van der Waals surface area contributed by atoms with Crippen molar-refractivity contribution in [2.45, 2.75) is 20.3 Å². The number of piperidine rings is 1. The van der Waals surface area contributed by atoms with Crippen LogP contribution in [-0.4, -0.2) is 40.7 Å². The van der Waals surface area contributed by atoms with Crippen molar-refractivity contribution in [2.75, 3.05) is 24.6 Å². The van der Waals surface area contributed by atoms with Crippen molar-refractivity contribution in [3.63, 3.8) is 0 Å². The lowest BCUT2D eigenvalue weighted by Crippen LogP contribution is -2.42. The van der Waals surface area contributed by atoms with Gasteiger partial charge in [0.15, 0.2) is 0 Å². The first-order valence-corrected chi connectivity index (χ1v) is 6.52. The highest BCUT2D eigenvalue weighted by Gasteiger charge is 2.30. The number of aliphatic carboxylic acids is 1. The van der Waals surface area contributed by atoms with Gasteiger partial charge in [-0.05, 0) is 19.3 Å². The fraction of sp³-hybridized carbons (Fsp3) is 0.615. The molecule has 2 rings (SSSR count). The molecule has 0 spiro atoms. The maximum Gasteiger partial charge on any atom is 0.308 e. The summed E-state index contributed by atoms with van der Waals surface area (Å²) in [7, 11) is 0. The van der Waals surface area contributed by atoms with Gasteiger partial charge in [-0.1, -0.05) is 6.92 Å². The second-order valence-corrected chi connectivity index (χ2v) is 4.93. The van der Waals surface area contributed by atoms with Crippen molar-refractivity contribution in [2.24, 2.45) is 11.8 Å². The van der Waals surface area contributed by atoms with Crippen LogP contribution in [0.15, 0.2) is 12.4 Å². The molecule has 1 fully saturated rings. The first-order chi connectivity index (χ1) is 9.10. The lowest BCUT2D eigenvalue weighted by molar-refractivity contribution is -0.142. The minimum absolute atomic E-state index is 0.334. The van der Waals surface area contributed by atoms with Gasteiger partial charge >= 0.3 is 5.97 Å². The highest BCUT2D eigenvalue weighted by atomic mass is 16.5. The third kappa shape index (κ3) is 3.33. The average molecular weight is 265 g/mol. The Hall–Kier alpha value is -1.85. The highest BCUT2D eigenvalue weighted by molar-refractivity contribution is 5.71. The van der Waals surface area contributed by atoms with E-state index in [2.05, 4.69) is 16.9 Å². The number of rotatable bonds is 4. The molecular weight excluding hydrogens is 246 g/mol. The smallest absolute Gasteiger partial charge is 0.308 e. The van der Waals surface area contributed by atoms with Gasteiger partial charge in [0.2, 0.25) is 5.88 Å². The van der Waals surface area contributed by atoms with Crippen LogP contribution in [0, 0.1) is 11.8 Å². The normalized spacial score (nSPS) is 23.2. The molecule has 1 aliphatic heterocycles. The van der Waals surface area contributed by atoms with E-state index in [9.17, 15) is 9.90 Å². The summed E-state index contributed by atoms with van der Waals surface area (Å²) in [5, 5.41) is 9.18. The summed E-state index contributed by atoms with van der Waals surface area (Å²) in [4.78, 5) is 21.4. The number of carboxylic acid groups (broad SMARTS) is 1. The Kier molecular flexibility index (Phi) is 4.19. The third-order valence-corrected chi connectivity index (χ3v) is 3.25. The third-order valence-electron chi connectivity index (χ3n) is 3.25. The van der Waals surface area contributed by atoms with E-state index >= 15 is 0 Å². The van der Waals surface area contributed by atoms with E-state index in [0.29, 0.717) is 24.9 Å². The number of carbonyl (C=O) groups is 1. The molecule has 6 heteroatoms. The summed E-state index contributed by atoms with van der Waals surface area (Å²) in [5.41, 5.74) is 0. The van der Waals surface area contributed by atoms with Crippen molar-refractivity contribution in [3.8, 4) is 5.88 Å². The molecule has 2 unspecified atom stereocenters. The van der Waals surface area contributed by atoms with Gasteiger partial charge in [0.1, 0.15) is 12.1 Å². The number of ether oxygens (including phenoxy) is 1. The Morgan fingerprint density at radius 3 is 3.00 bits per heavy atom. The summed E-state index contributed by atoms with van der Waals surface area (Å²) in [6, 6.07) is 1.76. The zero-order valence-electron chi connectivity index (χ0n) is 11.2. The van der Waals surface area contributed by atoms with Crippen LogP contribution < -0.4 is 9.64 Å². The first-order valence-electron chi connectivity index (χ1n) is 6.52. The van der Waals surface area contributed by atoms with Crippen molar-refractivity contribution < 1.29 is 14.6 Å². The van der Waals surface area contributed by atoms with Crippen LogP contribution in [0.2, 0.25) is 0 Å². The second kappa shape index (κ2) is 5.86. The Balaban J connectivity index is 2.15. The van der Waals surface area contributed by atoms with E-state index in [4.69, 9.17) is 4.74 Å². The molecule has 1 saturated heterocycles. The Labute approximate surface area is 112 Å². The molecule has 1 aromatic heterocycles. The molecule has 2 heterocycles. The lowest BCUT2D eigenvalue weighted by atomic mass is 9.90. The predicted molar refractivity (Wildman–Crippen MR) is 70.3 cm³/mol. The van der Waals surface area contributed by atoms with Crippen LogP contribution >= 0.6 is 0 Å². The topological polar surface area (TPSA) is 75.5 Å². The Morgan fingerprint density at radius 1 is 1.53 bits per heavy atom. The monoisotopic (exact) mass is 265 g/mol. The lowest BCUT2D eigenvalue weighted by Gasteiger charge is -2.35. The van der Waals surface area contributed by atoms with Gasteiger partial charge in [-0.25, -0.2) is 9.97 Å². The zero-order chi connectivity index (χ0) is 13.8. The molecule has 19 heavy (non-hydrogen) atoms. The van der Waals surface area contributed by atoms with Crippen LogP contribution in [0.4, 0.5) is 5.82 Å². The van der Waals surface area contributed by atoms with E-state index in [0.717, 1.165) is 18.8 Å². The molecule has 0 bridgehead atoms. The molecule has 1 N–H and O–H groups in total. The SMILES string of the molecule is CCOc1cc(N2CC(C)CC(C(=O)O)C2)ncn1. The van der Waals surface area contributed by atoms with Gasteiger partial charge in [-0.3, -0.25) is 4.79 Å². The van der Waals surface area contributed by atoms with Crippen LogP contribution in [0.25, 0.3) is 0 Å². The average Bonchev–Trinajstić information content (AvgIpc) is 2.38. The van der Waals surface area contributed by atoms with Gasteiger partial charge in [0.05, 0.1) is 12.5 Å². The quantitative estimate of drug-likeness (QED) is 0.887. The largest absolute Gasteiger partial charge is 0.481 e. The van der Waals surface area contributed by atoms with E-state index in [-0.39, 0.29) is 5.92 Å². The standard InChI is InChI=1S/C13H19N3O3/c1-3-19-12-5-11(14-8-15-12)16-6-9(2)4-10(7-16)13(17)18/h5,8-10H,3-4,6-7H2,1-2H3,(H,17,18). The molecule has 104 valence electrons. The van der Waals surface area contributed by atoms with E-state index in [1.54, 1.807) is 6.07 Å². The number of nitrogens with zero attached hydrogens (tertiary/aromatic N) is 3. The van der Waals surface area contributed by atoms with Gasteiger partial charge in [0.25, 0.3) is 0 Å². The van der Waals surface area contributed by atoms with E-state index < -0.39 is 5.97 Å². The van der Waals surface area contributed by atoms with E-state index in [1.807, 2.05) is 11.8 Å². The second-order valence-electron chi connectivity index (χ2n) is 4.93. The fourth-order valence-electron chi connectivity index (χ4n) is 2.45. The molecule has 0 radical (unpaired) electrons. The molecule has 6 nitrogen and oxygen atoms in total. The molecular formula is C13H19N3O3. The molecule has 2 atom stereocenters. The number of anilines is 1. The number of hydrogen-bond acceptors (Lipinski definition) is 5. The molecule has 0 saturated carbocycles. The maximum atomic E-state index is 11.2. The van der Waals surface area contributed by atoms with Crippen LogP contribution in [0.3, 0.4) is 0 Å². The minimum Gasteiger partial charge on any atom is -0.481 e. The molecule has 1 aliphatic rings. The fourth-order valence-corrected chi connectivity index (χ4v) is 2.45. The summed E-state index contributed by atoms with van der Waals surface area (Å²) < 4.78 is 5.34. The molecule has 1 aromatic rings. The van der Waals surface area contributed by atoms with Crippen molar-refractivity contribution in [3.05, 3.63) is 12.4 Å². The summed E-state index contributed by atoms with van der Waals surface area (Å²) in [6.45, 7) is 5.80. The molecule has 0 amide bonds. The minimum atomic E-state index is -0.740. The van der Waals surface area contributed by atoms with Gasteiger partial charge < -0.3 is 14.7 Å². The number of carboxylic acids is 1. The Morgan fingerprint density at radius 2 is 2.32 bits per heavy atom. The number of aromatic nitrogens is 2. The zero-order valence-corrected chi connectivity index (χ0v) is 11.2. The maximum absolute atomic E-state index is 11.2. The Bertz CT molecular complexity index is 453. The summed E-state index contributed by atoms with van der Waals surface area (Å²) in [6.07, 6.45) is 2.17. The van der Waals surface area contributed by atoms with Crippen molar-refractivity contribution in [1.29, 1.82) is 0 Å².